The van der Waals surface area contributed by atoms with Crippen LogP contribution in [0.5, 0.6) is 0 Å². The van der Waals surface area contributed by atoms with E-state index in [4.69, 9.17) is 0 Å². The van der Waals surface area contributed by atoms with E-state index < -0.39 is 0 Å². The molecule has 1 aromatic heterocycles. The number of nitrogens with zero attached hydrogens (tertiary/aromatic N) is 1. The highest BCUT2D eigenvalue weighted by molar-refractivity contribution is 5.47. The van der Waals surface area contributed by atoms with E-state index in [2.05, 4.69) is 37.4 Å². The maximum absolute atomic E-state index is 11.8. The number of aromatic nitrogens is 1. The summed E-state index contributed by atoms with van der Waals surface area (Å²) in [5, 5.41) is 3.59. The van der Waals surface area contributed by atoms with Crippen LogP contribution in [0, 0.1) is 6.92 Å². The highest BCUT2D eigenvalue weighted by Gasteiger charge is 2.22. The highest BCUT2D eigenvalue weighted by atomic mass is 16.1. The van der Waals surface area contributed by atoms with Crippen LogP contribution >= 0.6 is 0 Å². The molecule has 0 aliphatic heterocycles. The number of nitrogens with one attached hydrogen (secondary N) is 1. The molecule has 3 heteroatoms. The summed E-state index contributed by atoms with van der Waals surface area (Å²) in [5.41, 5.74) is 5.26. The fourth-order valence-corrected chi connectivity index (χ4v) is 3.11. The zero-order valence-corrected chi connectivity index (χ0v) is 12.7. The average molecular weight is 282 g/mol. The van der Waals surface area contributed by atoms with E-state index in [0.717, 1.165) is 31.5 Å². The quantitative estimate of drug-likeness (QED) is 0.928. The Balaban J connectivity index is 1.84. The molecular formula is C18H22N2O. The lowest BCUT2D eigenvalue weighted by Gasteiger charge is -2.17. The van der Waals surface area contributed by atoms with Crippen molar-refractivity contribution in [1.82, 2.24) is 4.57 Å². The number of pyridine rings is 1. The minimum absolute atomic E-state index is 0.0741. The molecule has 0 fully saturated rings. The topological polar surface area (TPSA) is 34.0 Å². The molecule has 0 saturated carbocycles. The van der Waals surface area contributed by atoms with Crippen LogP contribution in [0.25, 0.3) is 0 Å². The molecule has 1 atom stereocenters. The van der Waals surface area contributed by atoms with Gasteiger partial charge in [0.05, 0.1) is 11.7 Å². The maximum Gasteiger partial charge on any atom is 0.250 e. The van der Waals surface area contributed by atoms with Gasteiger partial charge in [0.25, 0.3) is 5.56 Å². The molecule has 1 unspecified atom stereocenters. The van der Waals surface area contributed by atoms with Crippen LogP contribution in [-0.4, -0.2) is 4.57 Å². The van der Waals surface area contributed by atoms with Gasteiger partial charge in [-0.15, -0.1) is 0 Å². The van der Waals surface area contributed by atoms with Gasteiger partial charge in [-0.05, 0) is 43.4 Å². The highest BCUT2D eigenvalue weighted by Crippen LogP contribution is 2.34. The second-order valence-corrected chi connectivity index (χ2v) is 5.89. The van der Waals surface area contributed by atoms with E-state index >= 15 is 0 Å². The predicted octanol–water partition coefficient (Wildman–Crippen LogP) is 3.67. The molecule has 2 aromatic rings. The first kappa shape index (κ1) is 13.9. The molecular weight excluding hydrogens is 260 g/mol. The van der Waals surface area contributed by atoms with Gasteiger partial charge in [0.15, 0.2) is 0 Å². The molecule has 1 aliphatic carbocycles. The van der Waals surface area contributed by atoms with E-state index in [-0.39, 0.29) is 5.56 Å². The van der Waals surface area contributed by atoms with Gasteiger partial charge < -0.3 is 9.88 Å². The summed E-state index contributed by atoms with van der Waals surface area (Å²) in [6, 6.07) is 10.6. The van der Waals surface area contributed by atoms with Crippen molar-refractivity contribution >= 4 is 5.69 Å². The monoisotopic (exact) mass is 282 g/mol. The van der Waals surface area contributed by atoms with E-state index in [1.54, 1.807) is 10.6 Å². The molecule has 3 nitrogen and oxygen atoms in total. The standard InChI is InChI=1S/C18H22N2O/c1-3-10-20-12-15(7-9-18(20)21)19-17-8-6-14-5-4-13(2)11-16(14)17/h4-5,7,9,11-12,17,19H,3,6,8,10H2,1-2H3. The van der Waals surface area contributed by atoms with E-state index in [9.17, 15) is 4.79 Å². The van der Waals surface area contributed by atoms with Gasteiger partial charge >= 0.3 is 0 Å². The lowest BCUT2D eigenvalue weighted by atomic mass is 10.0. The fraction of sp³-hybridized carbons (Fsp3) is 0.389. The largest absolute Gasteiger partial charge is 0.377 e. The maximum atomic E-state index is 11.8. The Kier molecular flexibility index (Phi) is 3.82. The van der Waals surface area contributed by atoms with Gasteiger partial charge in [0.1, 0.15) is 0 Å². The third-order valence-corrected chi connectivity index (χ3v) is 4.17. The average Bonchev–Trinajstić information content (AvgIpc) is 2.85. The number of benzene rings is 1. The van der Waals surface area contributed by atoms with Crippen LogP contribution in [0.15, 0.2) is 41.3 Å². The van der Waals surface area contributed by atoms with E-state index in [1.165, 1.54) is 16.7 Å². The van der Waals surface area contributed by atoms with Crippen LogP contribution in [-0.2, 0) is 13.0 Å². The first-order valence-electron chi connectivity index (χ1n) is 7.74. The van der Waals surface area contributed by atoms with Crippen molar-refractivity contribution in [3.63, 3.8) is 0 Å². The Hall–Kier alpha value is -2.03. The molecule has 1 N–H and O–H groups in total. The van der Waals surface area contributed by atoms with Crippen molar-refractivity contribution in [3.05, 3.63) is 63.6 Å². The van der Waals surface area contributed by atoms with Gasteiger partial charge in [-0.3, -0.25) is 4.79 Å². The van der Waals surface area contributed by atoms with Gasteiger partial charge in [-0.25, -0.2) is 0 Å². The second-order valence-electron chi connectivity index (χ2n) is 5.89. The molecule has 3 rings (SSSR count). The third kappa shape index (κ3) is 2.87. The molecule has 1 aromatic carbocycles. The second kappa shape index (κ2) is 5.76. The zero-order chi connectivity index (χ0) is 14.8. The van der Waals surface area contributed by atoms with Crippen LogP contribution in [0.4, 0.5) is 5.69 Å². The molecule has 0 spiro atoms. The number of anilines is 1. The molecule has 110 valence electrons. The third-order valence-electron chi connectivity index (χ3n) is 4.17. The first-order chi connectivity index (χ1) is 10.2. The molecule has 0 saturated heterocycles. The van der Waals surface area contributed by atoms with Gasteiger partial charge in [-0.2, -0.15) is 0 Å². The summed E-state index contributed by atoms with van der Waals surface area (Å²) in [6.07, 6.45) is 5.15. The summed E-state index contributed by atoms with van der Waals surface area (Å²) in [6.45, 7) is 4.99. The van der Waals surface area contributed by atoms with Gasteiger partial charge in [0.2, 0.25) is 0 Å². The van der Waals surface area contributed by atoms with Gasteiger partial charge in [-0.1, -0.05) is 30.7 Å². The SMILES string of the molecule is CCCn1cc(NC2CCc3ccc(C)cc32)ccc1=O. The fourth-order valence-electron chi connectivity index (χ4n) is 3.11. The van der Waals surface area contributed by atoms with Crippen molar-refractivity contribution in [2.75, 3.05) is 5.32 Å². The lowest BCUT2D eigenvalue weighted by Crippen LogP contribution is -2.19. The number of hydrogen-bond donors (Lipinski definition) is 1. The number of aryl methyl sites for hydroxylation is 3. The lowest BCUT2D eigenvalue weighted by molar-refractivity contribution is 0.653. The minimum Gasteiger partial charge on any atom is -0.377 e. The number of fused-ring (bicyclic) bond motifs is 1. The summed E-state index contributed by atoms with van der Waals surface area (Å²) in [5.74, 6) is 0. The van der Waals surface area contributed by atoms with Crippen LogP contribution < -0.4 is 10.9 Å². The van der Waals surface area contributed by atoms with Crippen LogP contribution in [0.3, 0.4) is 0 Å². The number of hydrogen-bond acceptors (Lipinski definition) is 2. The molecule has 1 heterocycles. The molecule has 0 amide bonds. The van der Waals surface area contributed by atoms with Crippen molar-refractivity contribution < 1.29 is 0 Å². The van der Waals surface area contributed by atoms with Crippen LogP contribution in [0.2, 0.25) is 0 Å². The van der Waals surface area contributed by atoms with Crippen molar-refractivity contribution in [1.29, 1.82) is 0 Å². The van der Waals surface area contributed by atoms with E-state index in [1.807, 2.05) is 12.3 Å². The summed E-state index contributed by atoms with van der Waals surface area (Å²) >= 11 is 0. The predicted molar refractivity (Wildman–Crippen MR) is 86.9 cm³/mol. The Morgan fingerprint density at radius 3 is 2.95 bits per heavy atom. The summed E-state index contributed by atoms with van der Waals surface area (Å²) in [4.78, 5) is 11.8. The Bertz CT molecular complexity index is 703. The Labute approximate surface area is 125 Å². The number of rotatable bonds is 4. The minimum atomic E-state index is 0.0741. The van der Waals surface area contributed by atoms with Crippen molar-refractivity contribution in [2.24, 2.45) is 0 Å². The molecule has 0 radical (unpaired) electrons. The van der Waals surface area contributed by atoms with E-state index in [0.29, 0.717) is 6.04 Å². The Morgan fingerprint density at radius 1 is 1.29 bits per heavy atom. The smallest absolute Gasteiger partial charge is 0.250 e. The Morgan fingerprint density at radius 2 is 2.14 bits per heavy atom. The first-order valence-corrected chi connectivity index (χ1v) is 7.74. The van der Waals surface area contributed by atoms with Gasteiger partial charge in [0, 0.05) is 18.8 Å². The summed E-state index contributed by atoms with van der Waals surface area (Å²) in [7, 11) is 0. The van der Waals surface area contributed by atoms with Crippen molar-refractivity contribution in [3.8, 4) is 0 Å². The van der Waals surface area contributed by atoms with Crippen LogP contribution in [0.1, 0.15) is 42.5 Å². The van der Waals surface area contributed by atoms with Crippen molar-refractivity contribution in [2.45, 2.75) is 45.7 Å². The molecule has 1 aliphatic rings. The zero-order valence-electron chi connectivity index (χ0n) is 12.7. The molecule has 21 heavy (non-hydrogen) atoms. The summed E-state index contributed by atoms with van der Waals surface area (Å²) < 4.78 is 1.79. The normalized spacial score (nSPS) is 16.8. The molecule has 0 bridgehead atoms.